The number of alkyl halides is 2. The van der Waals surface area contributed by atoms with Gasteiger partial charge < -0.3 is 14.4 Å². The van der Waals surface area contributed by atoms with Crippen LogP contribution < -0.4 is 4.74 Å². The highest BCUT2D eigenvalue weighted by Crippen LogP contribution is 2.33. The van der Waals surface area contributed by atoms with Crippen molar-refractivity contribution in [2.75, 3.05) is 19.7 Å². The van der Waals surface area contributed by atoms with Crippen molar-refractivity contribution in [2.24, 2.45) is 5.92 Å². The molecule has 0 spiro atoms. The molecule has 0 bridgehead atoms. The monoisotopic (exact) mass is 297 g/mol. The van der Waals surface area contributed by atoms with Gasteiger partial charge >= 0.3 is 6.61 Å². The first-order chi connectivity index (χ1) is 10.1. The summed E-state index contributed by atoms with van der Waals surface area (Å²) < 4.78 is 34.6. The Morgan fingerprint density at radius 2 is 2.19 bits per heavy atom. The molecule has 1 aliphatic heterocycles. The molecule has 1 saturated heterocycles. The molecule has 1 aromatic carbocycles. The van der Waals surface area contributed by atoms with Crippen LogP contribution in [0.2, 0.25) is 0 Å². The molecule has 1 aliphatic carbocycles. The predicted octanol–water partition coefficient (Wildman–Crippen LogP) is 2.60. The number of carbonyl (C=O) groups is 1. The molecule has 0 unspecified atom stereocenters. The number of hydrogen-bond acceptors (Lipinski definition) is 3. The second-order valence-corrected chi connectivity index (χ2v) is 5.37. The van der Waals surface area contributed by atoms with E-state index in [-0.39, 0.29) is 23.7 Å². The minimum Gasteiger partial charge on any atom is -0.435 e. The van der Waals surface area contributed by atoms with Crippen molar-refractivity contribution >= 4 is 5.91 Å². The Kier molecular flexibility index (Phi) is 4.05. The van der Waals surface area contributed by atoms with Crippen molar-refractivity contribution in [3.05, 3.63) is 29.8 Å². The van der Waals surface area contributed by atoms with Crippen molar-refractivity contribution in [1.29, 1.82) is 0 Å². The van der Waals surface area contributed by atoms with Crippen LogP contribution >= 0.6 is 0 Å². The van der Waals surface area contributed by atoms with E-state index in [9.17, 15) is 13.6 Å². The molecule has 21 heavy (non-hydrogen) atoms. The fourth-order valence-corrected chi connectivity index (χ4v) is 2.53. The number of benzene rings is 1. The first-order valence-corrected chi connectivity index (χ1v) is 7.08. The molecular formula is C15H17F2NO3. The molecule has 1 atom stereocenters. The zero-order valence-electron chi connectivity index (χ0n) is 11.5. The molecule has 0 N–H and O–H groups in total. The summed E-state index contributed by atoms with van der Waals surface area (Å²) in [5.74, 6) is 0.470. The fourth-order valence-electron chi connectivity index (χ4n) is 2.53. The van der Waals surface area contributed by atoms with Crippen LogP contribution in [0.25, 0.3) is 0 Å². The zero-order valence-corrected chi connectivity index (χ0v) is 11.5. The summed E-state index contributed by atoms with van der Waals surface area (Å²) in [5, 5.41) is 0. The fraction of sp³-hybridized carbons (Fsp3) is 0.533. The van der Waals surface area contributed by atoms with Crippen molar-refractivity contribution in [2.45, 2.75) is 25.6 Å². The first-order valence-electron chi connectivity index (χ1n) is 7.08. The molecule has 1 amide bonds. The quantitative estimate of drug-likeness (QED) is 0.857. The summed E-state index contributed by atoms with van der Waals surface area (Å²) in [7, 11) is 0. The normalized spacial score (nSPS) is 22.4. The first kappa shape index (κ1) is 14.3. The van der Waals surface area contributed by atoms with Gasteiger partial charge in [0.25, 0.3) is 0 Å². The smallest absolute Gasteiger partial charge is 0.387 e. The van der Waals surface area contributed by atoms with E-state index in [0.717, 1.165) is 18.4 Å². The SMILES string of the molecule is O=C(C1CC1)N1CCO[C@H](c2cccc(OC(F)F)c2)C1. The summed E-state index contributed by atoms with van der Waals surface area (Å²) in [5.41, 5.74) is 0.751. The van der Waals surface area contributed by atoms with Crippen LogP contribution in [-0.4, -0.2) is 37.1 Å². The maximum absolute atomic E-state index is 12.3. The zero-order chi connectivity index (χ0) is 14.8. The van der Waals surface area contributed by atoms with Gasteiger partial charge in [0, 0.05) is 12.5 Å². The third-order valence-electron chi connectivity index (χ3n) is 3.76. The van der Waals surface area contributed by atoms with Gasteiger partial charge in [-0.1, -0.05) is 12.1 Å². The maximum Gasteiger partial charge on any atom is 0.387 e. The summed E-state index contributed by atoms with van der Waals surface area (Å²) in [6.07, 6.45) is 1.65. The molecule has 2 fully saturated rings. The van der Waals surface area contributed by atoms with Gasteiger partial charge in [0.1, 0.15) is 11.9 Å². The number of morpholine rings is 1. The van der Waals surface area contributed by atoms with Crippen molar-refractivity contribution in [3.63, 3.8) is 0 Å². The van der Waals surface area contributed by atoms with Crippen LogP contribution in [0.3, 0.4) is 0 Å². The summed E-state index contributed by atoms with van der Waals surface area (Å²) >= 11 is 0. The van der Waals surface area contributed by atoms with Gasteiger partial charge in [0.15, 0.2) is 0 Å². The van der Waals surface area contributed by atoms with Gasteiger partial charge in [-0.3, -0.25) is 4.79 Å². The third-order valence-corrected chi connectivity index (χ3v) is 3.76. The van der Waals surface area contributed by atoms with Crippen LogP contribution in [-0.2, 0) is 9.53 Å². The Balaban J connectivity index is 1.69. The number of nitrogens with zero attached hydrogens (tertiary/aromatic N) is 1. The van der Waals surface area contributed by atoms with Crippen LogP contribution in [0.15, 0.2) is 24.3 Å². The standard InChI is InChI=1S/C15H17F2NO3/c16-15(17)21-12-3-1-2-11(8-12)13-9-18(6-7-20-13)14(19)10-4-5-10/h1-3,8,10,13,15H,4-7,9H2/t13-/m0/s1. The summed E-state index contributed by atoms with van der Waals surface area (Å²) in [4.78, 5) is 13.9. The number of halogens is 2. The number of rotatable bonds is 4. The lowest BCUT2D eigenvalue weighted by molar-refractivity contribution is -0.140. The molecule has 0 radical (unpaired) electrons. The molecule has 3 rings (SSSR count). The average molecular weight is 297 g/mol. The second kappa shape index (κ2) is 5.97. The highest BCUT2D eigenvalue weighted by atomic mass is 19.3. The van der Waals surface area contributed by atoms with Gasteiger partial charge in [-0.15, -0.1) is 0 Å². The van der Waals surface area contributed by atoms with Gasteiger partial charge in [0.2, 0.25) is 5.91 Å². The lowest BCUT2D eigenvalue weighted by Crippen LogP contribution is -2.43. The highest BCUT2D eigenvalue weighted by Gasteiger charge is 2.35. The van der Waals surface area contributed by atoms with Crippen LogP contribution in [0, 0.1) is 5.92 Å². The molecule has 1 aromatic rings. The number of amides is 1. The van der Waals surface area contributed by atoms with Gasteiger partial charge in [-0.2, -0.15) is 8.78 Å². The van der Waals surface area contributed by atoms with Gasteiger partial charge in [0.05, 0.1) is 13.2 Å². The lowest BCUT2D eigenvalue weighted by atomic mass is 10.1. The Morgan fingerprint density at radius 1 is 1.38 bits per heavy atom. The molecule has 0 aromatic heterocycles. The Morgan fingerprint density at radius 3 is 2.90 bits per heavy atom. The van der Waals surface area contributed by atoms with E-state index in [2.05, 4.69) is 4.74 Å². The second-order valence-electron chi connectivity index (χ2n) is 5.37. The van der Waals surface area contributed by atoms with Crippen molar-refractivity contribution < 1.29 is 23.0 Å². The molecule has 4 nitrogen and oxygen atoms in total. The van der Waals surface area contributed by atoms with Crippen LogP contribution in [0.5, 0.6) is 5.75 Å². The van der Waals surface area contributed by atoms with E-state index in [4.69, 9.17) is 4.74 Å². The molecule has 1 saturated carbocycles. The van der Waals surface area contributed by atoms with Crippen LogP contribution in [0.1, 0.15) is 24.5 Å². The van der Waals surface area contributed by atoms with E-state index in [0.29, 0.717) is 19.7 Å². The topological polar surface area (TPSA) is 38.8 Å². The summed E-state index contributed by atoms with van der Waals surface area (Å²) in [6.45, 7) is -1.32. The largest absolute Gasteiger partial charge is 0.435 e. The Bertz CT molecular complexity index is 519. The van der Waals surface area contributed by atoms with E-state index >= 15 is 0 Å². The predicted molar refractivity (Wildman–Crippen MR) is 71.1 cm³/mol. The average Bonchev–Trinajstić information content (AvgIpc) is 3.31. The van der Waals surface area contributed by atoms with Crippen molar-refractivity contribution in [3.8, 4) is 5.75 Å². The van der Waals surface area contributed by atoms with E-state index < -0.39 is 6.61 Å². The number of ether oxygens (including phenoxy) is 2. The van der Waals surface area contributed by atoms with E-state index in [1.54, 1.807) is 18.2 Å². The highest BCUT2D eigenvalue weighted by molar-refractivity contribution is 5.81. The minimum absolute atomic E-state index is 0.108. The third kappa shape index (κ3) is 3.50. The summed E-state index contributed by atoms with van der Waals surface area (Å²) in [6, 6.07) is 6.47. The molecule has 114 valence electrons. The Hall–Kier alpha value is -1.69. The molecule has 1 heterocycles. The van der Waals surface area contributed by atoms with Gasteiger partial charge in [-0.25, -0.2) is 0 Å². The number of carbonyl (C=O) groups excluding carboxylic acids is 1. The molecule has 6 heteroatoms. The lowest BCUT2D eigenvalue weighted by Gasteiger charge is -2.33. The Labute approximate surface area is 121 Å². The van der Waals surface area contributed by atoms with E-state index in [1.807, 2.05) is 4.90 Å². The van der Waals surface area contributed by atoms with E-state index in [1.165, 1.54) is 6.07 Å². The minimum atomic E-state index is -2.85. The van der Waals surface area contributed by atoms with Crippen molar-refractivity contribution in [1.82, 2.24) is 4.90 Å². The van der Waals surface area contributed by atoms with Gasteiger partial charge in [-0.05, 0) is 30.5 Å². The van der Waals surface area contributed by atoms with Crippen LogP contribution in [0.4, 0.5) is 8.78 Å². The molecular weight excluding hydrogens is 280 g/mol. The number of hydrogen-bond donors (Lipinski definition) is 0. The maximum atomic E-state index is 12.3. The molecule has 2 aliphatic rings.